The SMILES string of the molecule is c1ccc(-c2nc(-c3ccccc3)nc(-c3ccc4sc5c(-c6ccc7c(c6)oc6ccc(-n8c9ccccc9c9ccccc98)cc67)cccc5c4c3)n2)cc1. The third kappa shape index (κ3) is 5.12. The lowest BCUT2D eigenvalue weighted by Crippen LogP contribution is -2.00. The van der Waals surface area contributed by atoms with Gasteiger partial charge in [0.25, 0.3) is 0 Å². The van der Waals surface area contributed by atoms with E-state index in [-0.39, 0.29) is 0 Å². The third-order valence-corrected chi connectivity index (χ3v) is 12.3. The highest BCUT2D eigenvalue weighted by atomic mass is 32.1. The second kappa shape index (κ2) is 12.6. The Morgan fingerprint density at radius 3 is 1.70 bits per heavy atom. The number of furan rings is 1. The van der Waals surface area contributed by atoms with Crippen LogP contribution in [0.15, 0.2) is 186 Å². The van der Waals surface area contributed by atoms with E-state index in [9.17, 15) is 0 Å². The molecule has 0 saturated carbocycles. The Hall–Kier alpha value is -7.41. The van der Waals surface area contributed by atoms with Gasteiger partial charge in [0.05, 0.1) is 11.0 Å². The number of hydrogen-bond acceptors (Lipinski definition) is 5. The Bertz CT molecular complexity index is 3420. The topological polar surface area (TPSA) is 56.7 Å². The Labute approximate surface area is 330 Å². The molecule has 0 spiro atoms. The number of aromatic nitrogens is 4. The molecule has 4 aromatic heterocycles. The molecule has 6 heteroatoms. The minimum Gasteiger partial charge on any atom is -0.456 e. The molecule has 0 radical (unpaired) electrons. The van der Waals surface area contributed by atoms with Crippen molar-refractivity contribution in [3.05, 3.63) is 182 Å². The van der Waals surface area contributed by atoms with Crippen LogP contribution in [0.4, 0.5) is 0 Å². The number of rotatable bonds is 5. The van der Waals surface area contributed by atoms with E-state index in [0.29, 0.717) is 17.5 Å². The number of thiophene rings is 1. The zero-order valence-electron chi connectivity index (χ0n) is 30.4. The fraction of sp³-hybridized carbons (Fsp3) is 0. The number of nitrogens with zero attached hydrogens (tertiary/aromatic N) is 4. The standard InChI is InChI=1S/C51H30N4OS/c1-3-12-31(13-4-1)49-52-50(32-14-5-2-6-15-32)54-51(53-49)34-23-27-47-42(28-34)40-19-11-18-36(48(40)57-47)33-22-25-39-41-30-35(24-26-45(41)56-46(39)29-33)55-43-20-9-7-16-37(43)38-17-8-10-21-44(38)55/h1-30H. The van der Waals surface area contributed by atoms with E-state index in [2.05, 4.69) is 126 Å². The molecule has 5 nitrogen and oxygen atoms in total. The van der Waals surface area contributed by atoms with Gasteiger partial charge in [0.15, 0.2) is 17.5 Å². The van der Waals surface area contributed by atoms with Gasteiger partial charge in [0.1, 0.15) is 11.2 Å². The van der Waals surface area contributed by atoms with E-state index in [0.717, 1.165) is 49.9 Å². The van der Waals surface area contributed by atoms with Gasteiger partial charge in [-0.05, 0) is 71.8 Å². The van der Waals surface area contributed by atoms with Crippen LogP contribution in [0.5, 0.6) is 0 Å². The molecule has 0 bridgehead atoms. The summed E-state index contributed by atoms with van der Waals surface area (Å²) in [5, 5.41) is 7.10. The fourth-order valence-electron chi connectivity index (χ4n) is 8.38. The van der Waals surface area contributed by atoms with Crippen molar-refractivity contribution in [2.75, 3.05) is 0 Å². The predicted molar refractivity (Wildman–Crippen MR) is 236 cm³/mol. The van der Waals surface area contributed by atoms with Gasteiger partial charge >= 0.3 is 0 Å². The van der Waals surface area contributed by atoms with Crippen molar-refractivity contribution in [1.29, 1.82) is 0 Å². The summed E-state index contributed by atoms with van der Waals surface area (Å²) in [6.45, 7) is 0. The summed E-state index contributed by atoms with van der Waals surface area (Å²) in [6, 6.07) is 63.8. The Balaban J connectivity index is 0.959. The first-order valence-corrected chi connectivity index (χ1v) is 19.8. The average Bonchev–Trinajstić information content (AvgIpc) is 3.95. The maximum Gasteiger partial charge on any atom is 0.164 e. The van der Waals surface area contributed by atoms with Gasteiger partial charge in [-0.2, -0.15) is 0 Å². The molecule has 8 aromatic carbocycles. The van der Waals surface area contributed by atoms with Gasteiger partial charge in [0.2, 0.25) is 0 Å². The second-order valence-corrected chi connectivity index (χ2v) is 15.4. The van der Waals surface area contributed by atoms with Gasteiger partial charge in [0, 0.05) is 64.1 Å². The largest absolute Gasteiger partial charge is 0.456 e. The molecule has 0 N–H and O–H groups in total. The van der Waals surface area contributed by atoms with Crippen LogP contribution < -0.4 is 0 Å². The van der Waals surface area contributed by atoms with Crippen molar-refractivity contribution in [3.63, 3.8) is 0 Å². The van der Waals surface area contributed by atoms with Crippen LogP contribution in [0.2, 0.25) is 0 Å². The van der Waals surface area contributed by atoms with Crippen LogP contribution in [0.25, 0.3) is 115 Å². The molecule has 0 atom stereocenters. The highest BCUT2D eigenvalue weighted by Crippen LogP contribution is 2.43. The van der Waals surface area contributed by atoms with Crippen molar-refractivity contribution in [2.24, 2.45) is 0 Å². The first kappa shape index (κ1) is 31.9. The molecule has 4 heterocycles. The molecular formula is C51H30N4OS. The van der Waals surface area contributed by atoms with E-state index < -0.39 is 0 Å². The minimum absolute atomic E-state index is 0.650. The van der Waals surface area contributed by atoms with Crippen LogP contribution in [0, 0.1) is 0 Å². The van der Waals surface area contributed by atoms with Crippen LogP contribution in [-0.4, -0.2) is 19.5 Å². The number of benzene rings is 8. The lowest BCUT2D eigenvalue weighted by Gasteiger charge is -2.08. The summed E-state index contributed by atoms with van der Waals surface area (Å²) in [5.41, 5.74) is 10.4. The zero-order valence-corrected chi connectivity index (χ0v) is 31.2. The maximum absolute atomic E-state index is 6.56. The van der Waals surface area contributed by atoms with Gasteiger partial charge in [-0.3, -0.25) is 0 Å². The lowest BCUT2D eigenvalue weighted by atomic mass is 10.0. The van der Waals surface area contributed by atoms with Crippen molar-refractivity contribution < 1.29 is 4.42 Å². The fourth-order valence-corrected chi connectivity index (χ4v) is 9.59. The Kier molecular flexibility index (Phi) is 7.03. The average molecular weight is 747 g/mol. The summed E-state index contributed by atoms with van der Waals surface area (Å²) < 4.78 is 11.4. The number of para-hydroxylation sites is 2. The summed E-state index contributed by atoms with van der Waals surface area (Å²) in [6.07, 6.45) is 0. The van der Waals surface area contributed by atoms with Gasteiger partial charge in [-0.1, -0.05) is 121 Å². The van der Waals surface area contributed by atoms with E-state index in [1.807, 2.05) is 72.0 Å². The molecule has 0 aliphatic rings. The van der Waals surface area contributed by atoms with E-state index in [1.165, 1.54) is 47.5 Å². The first-order chi connectivity index (χ1) is 28.2. The smallest absolute Gasteiger partial charge is 0.164 e. The maximum atomic E-state index is 6.56. The number of hydrogen-bond donors (Lipinski definition) is 0. The van der Waals surface area contributed by atoms with Crippen molar-refractivity contribution >= 4 is 75.3 Å². The molecule has 57 heavy (non-hydrogen) atoms. The molecule has 0 aliphatic heterocycles. The van der Waals surface area contributed by atoms with Crippen molar-refractivity contribution in [1.82, 2.24) is 19.5 Å². The Morgan fingerprint density at radius 2 is 1.00 bits per heavy atom. The van der Waals surface area contributed by atoms with Crippen LogP contribution in [0.3, 0.4) is 0 Å². The van der Waals surface area contributed by atoms with Crippen LogP contribution in [0.1, 0.15) is 0 Å². The van der Waals surface area contributed by atoms with Crippen LogP contribution in [-0.2, 0) is 0 Å². The quantitative estimate of drug-likeness (QED) is 0.176. The monoisotopic (exact) mass is 746 g/mol. The van der Waals surface area contributed by atoms with Gasteiger partial charge in [-0.15, -0.1) is 11.3 Å². The van der Waals surface area contributed by atoms with Gasteiger partial charge in [-0.25, -0.2) is 15.0 Å². The lowest BCUT2D eigenvalue weighted by molar-refractivity contribution is 0.669. The van der Waals surface area contributed by atoms with E-state index in [1.54, 1.807) is 0 Å². The molecule has 0 saturated heterocycles. The zero-order chi connectivity index (χ0) is 37.5. The third-order valence-electron chi connectivity index (χ3n) is 11.1. The molecule has 266 valence electrons. The summed E-state index contributed by atoms with van der Waals surface area (Å²) in [4.78, 5) is 14.9. The normalized spacial score (nSPS) is 11.9. The molecular weight excluding hydrogens is 717 g/mol. The first-order valence-electron chi connectivity index (χ1n) is 19.0. The highest BCUT2D eigenvalue weighted by molar-refractivity contribution is 7.26. The molecule has 0 amide bonds. The van der Waals surface area contributed by atoms with Gasteiger partial charge < -0.3 is 8.98 Å². The molecule has 0 unspecified atom stereocenters. The summed E-state index contributed by atoms with van der Waals surface area (Å²) in [7, 11) is 0. The summed E-state index contributed by atoms with van der Waals surface area (Å²) in [5.74, 6) is 1.96. The van der Waals surface area contributed by atoms with E-state index in [4.69, 9.17) is 19.4 Å². The Morgan fingerprint density at radius 1 is 0.386 bits per heavy atom. The molecule has 0 aliphatic carbocycles. The van der Waals surface area contributed by atoms with Crippen molar-refractivity contribution in [3.8, 4) is 51.0 Å². The summed E-state index contributed by atoms with van der Waals surface area (Å²) >= 11 is 1.81. The van der Waals surface area contributed by atoms with E-state index >= 15 is 0 Å². The van der Waals surface area contributed by atoms with Crippen molar-refractivity contribution in [2.45, 2.75) is 0 Å². The molecule has 0 fully saturated rings. The highest BCUT2D eigenvalue weighted by Gasteiger charge is 2.18. The predicted octanol–water partition coefficient (Wildman–Crippen LogP) is 13.9. The molecule has 12 aromatic rings. The molecule has 12 rings (SSSR count). The minimum atomic E-state index is 0.650. The van der Waals surface area contributed by atoms with Crippen LogP contribution >= 0.6 is 11.3 Å². The second-order valence-electron chi connectivity index (χ2n) is 14.4. The number of fused-ring (bicyclic) bond motifs is 9.